The van der Waals surface area contributed by atoms with Crippen molar-refractivity contribution in [2.45, 2.75) is 12.0 Å². The van der Waals surface area contributed by atoms with E-state index in [1.54, 1.807) is 18.3 Å². The predicted octanol–water partition coefficient (Wildman–Crippen LogP) is 3.22. The number of nitrogens with zero attached hydrogens (tertiary/aromatic N) is 3. The normalized spacial score (nSPS) is 23.5. The summed E-state index contributed by atoms with van der Waals surface area (Å²) in [6.07, 6.45) is 1.75. The number of aromatic nitrogens is 1. The molecule has 2 aromatic carbocycles. The molecule has 1 aromatic heterocycles. The standard InChI is InChI=1S/C23H19N3O2/c1-25-17-13-8-14-24-20(17)18(15-9-4-2-5-10-15)19-21(25)23(28)26(22(19)27)16-11-6-3-7-12-16/h2-14,18-19,21H,1H3/t18-,19+,21-/m0/s1. The molecule has 5 nitrogen and oxygen atoms in total. The summed E-state index contributed by atoms with van der Waals surface area (Å²) in [6.45, 7) is 0. The van der Waals surface area contributed by atoms with Crippen LogP contribution in [0.2, 0.25) is 0 Å². The third kappa shape index (κ3) is 2.29. The summed E-state index contributed by atoms with van der Waals surface area (Å²) in [4.78, 5) is 34.8. The minimum Gasteiger partial charge on any atom is -0.360 e. The number of benzene rings is 2. The fraction of sp³-hybridized carbons (Fsp3) is 0.174. The van der Waals surface area contributed by atoms with Gasteiger partial charge in [-0.05, 0) is 29.8 Å². The van der Waals surface area contributed by atoms with Crippen LogP contribution in [0.25, 0.3) is 0 Å². The summed E-state index contributed by atoms with van der Waals surface area (Å²) in [6, 6.07) is 22.3. The van der Waals surface area contributed by atoms with Crippen LogP contribution in [0.4, 0.5) is 11.4 Å². The highest BCUT2D eigenvalue weighted by Crippen LogP contribution is 2.48. The number of para-hydroxylation sites is 1. The van der Waals surface area contributed by atoms with Crippen LogP contribution in [0.3, 0.4) is 0 Å². The van der Waals surface area contributed by atoms with Crippen LogP contribution < -0.4 is 9.80 Å². The zero-order valence-corrected chi connectivity index (χ0v) is 15.4. The van der Waals surface area contributed by atoms with Crippen LogP contribution in [-0.4, -0.2) is 29.9 Å². The number of imide groups is 1. The summed E-state index contributed by atoms with van der Waals surface area (Å²) in [5.41, 5.74) is 3.35. The first-order chi connectivity index (χ1) is 13.7. The van der Waals surface area contributed by atoms with E-state index >= 15 is 0 Å². The fourth-order valence-corrected chi connectivity index (χ4v) is 4.53. The van der Waals surface area contributed by atoms with Crippen molar-refractivity contribution in [1.29, 1.82) is 0 Å². The van der Waals surface area contributed by atoms with Gasteiger partial charge in [0.1, 0.15) is 6.04 Å². The Bertz CT molecular complexity index is 1050. The number of rotatable bonds is 2. The van der Waals surface area contributed by atoms with Gasteiger partial charge >= 0.3 is 0 Å². The summed E-state index contributed by atoms with van der Waals surface area (Å²) < 4.78 is 0. The van der Waals surface area contributed by atoms with E-state index < -0.39 is 12.0 Å². The lowest BCUT2D eigenvalue weighted by atomic mass is 9.76. The number of carbonyl (C=O) groups is 2. The molecule has 2 aliphatic heterocycles. The topological polar surface area (TPSA) is 53.5 Å². The molecule has 3 atom stereocenters. The van der Waals surface area contributed by atoms with Crippen LogP contribution >= 0.6 is 0 Å². The van der Waals surface area contributed by atoms with Crippen molar-refractivity contribution >= 4 is 23.2 Å². The van der Waals surface area contributed by atoms with Crippen LogP contribution in [0.15, 0.2) is 79.0 Å². The number of hydrogen-bond donors (Lipinski definition) is 0. The first-order valence-corrected chi connectivity index (χ1v) is 9.34. The van der Waals surface area contributed by atoms with E-state index in [-0.39, 0.29) is 17.7 Å². The maximum Gasteiger partial charge on any atom is 0.257 e. The molecule has 28 heavy (non-hydrogen) atoms. The molecule has 2 aliphatic rings. The van der Waals surface area contributed by atoms with Crippen LogP contribution in [-0.2, 0) is 9.59 Å². The first kappa shape index (κ1) is 16.7. The molecule has 0 aliphatic carbocycles. The molecule has 5 rings (SSSR count). The third-order valence-electron chi connectivity index (χ3n) is 5.76. The Kier molecular flexibility index (Phi) is 3.76. The Balaban J connectivity index is 1.70. The number of fused-ring (bicyclic) bond motifs is 2. The van der Waals surface area contributed by atoms with Crippen molar-refractivity contribution in [3.05, 3.63) is 90.3 Å². The minimum absolute atomic E-state index is 0.168. The molecule has 2 amide bonds. The van der Waals surface area contributed by atoms with Crippen molar-refractivity contribution in [3.63, 3.8) is 0 Å². The van der Waals surface area contributed by atoms with Crippen LogP contribution in [0.5, 0.6) is 0 Å². The second-order valence-electron chi connectivity index (χ2n) is 7.23. The molecule has 1 fully saturated rings. The summed E-state index contributed by atoms with van der Waals surface area (Å²) in [5, 5.41) is 0. The van der Waals surface area contributed by atoms with Crippen molar-refractivity contribution in [1.82, 2.24) is 4.98 Å². The SMILES string of the molecule is CN1c2cccnc2[C@@H](c2ccccc2)[C@H]2C(=O)N(c3ccccc3)C(=O)[C@H]21. The average Bonchev–Trinajstić information content (AvgIpc) is 3.00. The highest BCUT2D eigenvalue weighted by molar-refractivity contribution is 6.25. The second kappa shape index (κ2) is 6.30. The molecular formula is C23H19N3O2. The van der Waals surface area contributed by atoms with Gasteiger partial charge in [-0.2, -0.15) is 0 Å². The largest absolute Gasteiger partial charge is 0.360 e. The highest BCUT2D eigenvalue weighted by Gasteiger charge is 2.57. The van der Waals surface area contributed by atoms with Crippen LogP contribution in [0.1, 0.15) is 17.2 Å². The molecule has 0 bridgehead atoms. The monoisotopic (exact) mass is 369 g/mol. The average molecular weight is 369 g/mol. The smallest absolute Gasteiger partial charge is 0.257 e. The molecule has 0 radical (unpaired) electrons. The van der Waals surface area contributed by atoms with Gasteiger partial charge < -0.3 is 4.90 Å². The Labute approximate surface area is 163 Å². The lowest BCUT2D eigenvalue weighted by molar-refractivity contribution is -0.122. The van der Waals surface area contributed by atoms with Gasteiger partial charge in [0, 0.05) is 19.2 Å². The zero-order chi connectivity index (χ0) is 19.3. The number of hydrogen-bond acceptors (Lipinski definition) is 4. The van der Waals surface area contributed by atoms with E-state index in [0.717, 1.165) is 16.9 Å². The van der Waals surface area contributed by atoms with Gasteiger partial charge in [0.05, 0.1) is 23.0 Å². The minimum atomic E-state index is -0.547. The summed E-state index contributed by atoms with van der Waals surface area (Å²) in [5.74, 6) is -1.12. The van der Waals surface area contributed by atoms with Crippen LogP contribution in [0, 0.1) is 5.92 Å². The molecule has 3 aromatic rings. The quantitative estimate of drug-likeness (QED) is 0.651. The lowest BCUT2D eigenvalue weighted by Crippen LogP contribution is -2.48. The number of amides is 2. The van der Waals surface area contributed by atoms with Crippen molar-refractivity contribution < 1.29 is 9.59 Å². The maximum atomic E-state index is 13.5. The van der Waals surface area contributed by atoms with E-state index in [1.165, 1.54) is 4.90 Å². The molecule has 1 saturated heterocycles. The Morgan fingerprint density at radius 2 is 1.50 bits per heavy atom. The second-order valence-corrected chi connectivity index (χ2v) is 7.23. The van der Waals surface area contributed by atoms with E-state index in [4.69, 9.17) is 0 Å². The van der Waals surface area contributed by atoms with E-state index in [2.05, 4.69) is 4.98 Å². The first-order valence-electron chi connectivity index (χ1n) is 9.34. The maximum absolute atomic E-state index is 13.5. The molecule has 0 N–H and O–H groups in total. The van der Waals surface area contributed by atoms with Gasteiger partial charge in [0.25, 0.3) is 5.91 Å². The van der Waals surface area contributed by atoms with E-state index in [1.807, 2.05) is 72.6 Å². The Morgan fingerprint density at radius 1 is 0.821 bits per heavy atom. The molecule has 3 heterocycles. The van der Waals surface area contributed by atoms with Crippen molar-refractivity contribution in [2.24, 2.45) is 5.92 Å². The summed E-state index contributed by atoms with van der Waals surface area (Å²) >= 11 is 0. The van der Waals surface area contributed by atoms with Crippen molar-refractivity contribution in [2.75, 3.05) is 16.8 Å². The molecule has 0 saturated carbocycles. The lowest BCUT2D eigenvalue weighted by Gasteiger charge is -2.39. The molecule has 0 spiro atoms. The molecule has 138 valence electrons. The summed E-state index contributed by atoms with van der Waals surface area (Å²) in [7, 11) is 1.87. The van der Waals surface area contributed by atoms with Gasteiger partial charge in [-0.15, -0.1) is 0 Å². The molecule has 0 unspecified atom stereocenters. The third-order valence-corrected chi connectivity index (χ3v) is 5.76. The van der Waals surface area contributed by atoms with Gasteiger partial charge in [-0.1, -0.05) is 48.5 Å². The highest BCUT2D eigenvalue weighted by atomic mass is 16.2. The number of pyridine rings is 1. The zero-order valence-electron chi connectivity index (χ0n) is 15.4. The van der Waals surface area contributed by atoms with Gasteiger partial charge in [0.2, 0.25) is 5.91 Å². The van der Waals surface area contributed by atoms with Gasteiger partial charge in [-0.3, -0.25) is 14.6 Å². The molecular weight excluding hydrogens is 350 g/mol. The number of likely N-dealkylation sites (N-methyl/N-ethyl adjacent to an activating group) is 1. The Hall–Kier alpha value is -3.47. The molecule has 5 heteroatoms. The number of carbonyl (C=O) groups excluding carboxylic acids is 2. The Morgan fingerprint density at radius 3 is 2.21 bits per heavy atom. The van der Waals surface area contributed by atoms with E-state index in [9.17, 15) is 9.59 Å². The van der Waals surface area contributed by atoms with Crippen molar-refractivity contribution in [3.8, 4) is 0 Å². The fourth-order valence-electron chi connectivity index (χ4n) is 4.53. The van der Waals surface area contributed by atoms with E-state index in [0.29, 0.717) is 5.69 Å². The van der Waals surface area contributed by atoms with Gasteiger partial charge in [-0.25, -0.2) is 4.90 Å². The number of anilines is 2. The predicted molar refractivity (Wildman–Crippen MR) is 107 cm³/mol. The van der Waals surface area contributed by atoms with Gasteiger partial charge in [0.15, 0.2) is 0 Å².